The Morgan fingerprint density at radius 1 is 1.30 bits per heavy atom. The van der Waals surface area contributed by atoms with E-state index in [1.807, 2.05) is 0 Å². The second-order valence-electron chi connectivity index (χ2n) is 3.78. The van der Waals surface area contributed by atoms with Gasteiger partial charge in [0.25, 0.3) is 5.91 Å². The molecule has 0 fully saturated rings. The number of methoxy groups -OCH3 is 1. The van der Waals surface area contributed by atoms with Crippen LogP contribution in [0, 0.1) is 0 Å². The molecule has 0 atom stereocenters. The maximum atomic E-state index is 12.0. The number of esters is 1. The molecule has 0 aliphatic rings. The number of aromatic hydroxyl groups is 1. The molecule has 2 rings (SSSR count). The summed E-state index contributed by atoms with van der Waals surface area (Å²) in [6, 6.07) is 7.72. The average molecular weight is 312 g/mol. The molecular weight excluding hydrogens is 302 g/mol. The summed E-state index contributed by atoms with van der Waals surface area (Å²) in [6.07, 6.45) is 0. The van der Waals surface area contributed by atoms with E-state index in [0.717, 1.165) is 11.3 Å². The average Bonchev–Trinajstić information content (AvgIpc) is 2.82. The van der Waals surface area contributed by atoms with Gasteiger partial charge in [0, 0.05) is 16.8 Å². The lowest BCUT2D eigenvalue weighted by Gasteiger charge is -2.03. The van der Waals surface area contributed by atoms with Crippen molar-refractivity contribution in [2.24, 2.45) is 0 Å². The first-order chi connectivity index (χ1) is 9.51. The molecule has 20 heavy (non-hydrogen) atoms. The number of amides is 1. The fourth-order valence-corrected chi connectivity index (χ4v) is 2.46. The summed E-state index contributed by atoms with van der Waals surface area (Å²) in [5.74, 6) is -1.37. The Kier molecular flexibility index (Phi) is 4.26. The van der Waals surface area contributed by atoms with Crippen LogP contribution in [0.3, 0.4) is 0 Å². The predicted octanol–water partition coefficient (Wildman–Crippen LogP) is 3.15. The highest BCUT2D eigenvalue weighted by atomic mass is 35.5. The van der Waals surface area contributed by atoms with Crippen molar-refractivity contribution < 1.29 is 19.4 Å². The fourth-order valence-electron chi connectivity index (χ4n) is 1.47. The van der Waals surface area contributed by atoms with Crippen LogP contribution < -0.4 is 5.32 Å². The molecule has 0 aliphatic carbocycles. The Morgan fingerprint density at radius 2 is 1.95 bits per heavy atom. The van der Waals surface area contributed by atoms with E-state index < -0.39 is 11.9 Å². The van der Waals surface area contributed by atoms with Crippen molar-refractivity contribution in [3.05, 3.63) is 45.1 Å². The zero-order chi connectivity index (χ0) is 14.7. The molecule has 5 nitrogen and oxygen atoms in total. The van der Waals surface area contributed by atoms with E-state index in [0.29, 0.717) is 10.7 Å². The van der Waals surface area contributed by atoms with Crippen LogP contribution in [-0.4, -0.2) is 24.1 Å². The van der Waals surface area contributed by atoms with Gasteiger partial charge in [-0.2, -0.15) is 0 Å². The number of nitrogens with one attached hydrogen (secondary N) is 1. The molecule has 0 aliphatic heterocycles. The molecule has 0 spiro atoms. The van der Waals surface area contributed by atoms with Crippen LogP contribution in [0.5, 0.6) is 5.75 Å². The second-order valence-corrected chi connectivity index (χ2v) is 5.27. The highest BCUT2D eigenvalue weighted by molar-refractivity contribution is 7.16. The largest absolute Gasteiger partial charge is 0.506 e. The molecule has 1 aromatic heterocycles. The van der Waals surface area contributed by atoms with Crippen molar-refractivity contribution in [2.45, 2.75) is 0 Å². The Bertz CT molecular complexity index is 651. The zero-order valence-corrected chi connectivity index (χ0v) is 11.9. The van der Waals surface area contributed by atoms with Gasteiger partial charge < -0.3 is 15.2 Å². The standard InChI is InChI=1S/C13H10ClNO4S/c1-19-13(18)10-6-9(16)11(20-10)12(17)15-8-4-2-7(14)3-5-8/h2-6,16H,1H3,(H,15,17). The number of halogens is 1. The number of hydrogen-bond donors (Lipinski definition) is 2. The number of carbonyl (C=O) groups is 2. The minimum Gasteiger partial charge on any atom is -0.506 e. The van der Waals surface area contributed by atoms with E-state index in [-0.39, 0.29) is 15.5 Å². The summed E-state index contributed by atoms with van der Waals surface area (Å²) < 4.78 is 4.53. The second kappa shape index (κ2) is 5.94. The topological polar surface area (TPSA) is 75.6 Å². The molecule has 0 unspecified atom stereocenters. The van der Waals surface area contributed by atoms with E-state index in [1.165, 1.54) is 13.2 Å². The first-order valence-electron chi connectivity index (χ1n) is 5.49. The summed E-state index contributed by atoms with van der Waals surface area (Å²) in [5, 5.41) is 12.8. The molecule has 0 saturated heterocycles. The Labute approximate surface area is 123 Å². The highest BCUT2D eigenvalue weighted by Gasteiger charge is 2.19. The number of anilines is 1. The molecule has 2 aromatic rings. The van der Waals surface area contributed by atoms with Crippen molar-refractivity contribution >= 4 is 40.5 Å². The van der Waals surface area contributed by atoms with Crippen molar-refractivity contribution in [1.82, 2.24) is 0 Å². The SMILES string of the molecule is COC(=O)c1cc(O)c(C(=O)Nc2ccc(Cl)cc2)s1. The normalized spacial score (nSPS) is 10.1. The Balaban J connectivity index is 2.19. The lowest BCUT2D eigenvalue weighted by atomic mass is 10.3. The fraction of sp³-hybridized carbons (Fsp3) is 0.0769. The molecule has 104 valence electrons. The van der Waals surface area contributed by atoms with Crippen LogP contribution in [-0.2, 0) is 4.74 Å². The first-order valence-corrected chi connectivity index (χ1v) is 6.68. The first kappa shape index (κ1) is 14.4. The highest BCUT2D eigenvalue weighted by Crippen LogP contribution is 2.29. The number of hydrogen-bond acceptors (Lipinski definition) is 5. The van der Waals surface area contributed by atoms with Gasteiger partial charge in [-0.05, 0) is 24.3 Å². The summed E-state index contributed by atoms with van der Waals surface area (Å²) in [7, 11) is 1.23. The third kappa shape index (κ3) is 3.09. The monoisotopic (exact) mass is 311 g/mol. The summed E-state index contributed by atoms with van der Waals surface area (Å²) in [5.41, 5.74) is 0.534. The molecule has 0 saturated carbocycles. The van der Waals surface area contributed by atoms with E-state index in [9.17, 15) is 14.7 Å². The molecule has 1 amide bonds. The Morgan fingerprint density at radius 3 is 2.55 bits per heavy atom. The van der Waals surface area contributed by atoms with Gasteiger partial charge in [-0.3, -0.25) is 4.79 Å². The summed E-state index contributed by atoms with van der Waals surface area (Å²) in [4.78, 5) is 23.5. The van der Waals surface area contributed by atoms with E-state index in [4.69, 9.17) is 11.6 Å². The predicted molar refractivity (Wildman–Crippen MR) is 76.7 cm³/mol. The van der Waals surface area contributed by atoms with E-state index >= 15 is 0 Å². The van der Waals surface area contributed by atoms with Crippen molar-refractivity contribution in [3.63, 3.8) is 0 Å². The number of rotatable bonds is 3. The zero-order valence-electron chi connectivity index (χ0n) is 10.3. The molecule has 1 aromatic carbocycles. The van der Waals surface area contributed by atoms with Gasteiger partial charge in [0.2, 0.25) is 0 Å². The number of carbonyl (C=O) groups excluding carboxylic acids is 2. The van der Waals surface area contributed by atoms with Gasteiger partial charge in [0.05, 0.1) is 7.11 Å². The third-order valence-electron chi connectivity index (χ3n) is 2.41. The van der Waals surface area contributed by atoms with Gasteiger partial charge in [-0.25, -0.2) is 4.79 Å². The lowest BCUT2D eigenvalue weighted by molar-refractivity contribution is 0.0606. The van der Waals surface area contributed by atoms with Crippen LogP contribution in [0.25, 0.3) is 0 Å². The number of benzene rings is 1. The smallest absolute Gasteiger partial charge is 0.348 e. The van der Waals surface area contributed by atoms with Crippen LogP contribution >= 0.6 is 22.9 Å². The summed E-state index contributed by atoms with van der Waals surface area (Å²) in [6.45, 7) is 0. The molecule has 2 N–H and O–H groups in total. The molecule has 0 radical (unpaired) electrons. The van der Waals surface area contributed by atoms with Crippen molar-refractivity contribution in [3.8, 4) is 5.75 Å². The van der Waals surface area contributed by atoms with Gasteiger partial charge in [0.1, 0.15) is 15.5 Å². The van der Waals surface area contributed by atoms with Gasteiger partial charge in [0.15, 0.2) is 0 Å². The van der Waals surface area contributed by atoms with Gasteiger partial charge in [-0.1, -0.05) is 11.6 Å². The van der Waals surface area contributed by atoms with Gasteiger partial charge >= 0.3 is 5.97 Å². The van der Waals surface area contributed by atoms with Crippen LogP contribution in [0.4, 0.5) is 5.69 Å². The van der Waals surface area contributed by atoms with Crippen LogP contribution in [0.2, 0.25) is 5.02 Å². The van der Waals surface area contributed by atoms with Crippen molar-refractivity contribution in [2.75, 3.05) is 12.4 Å². The summed E-state index contributed by atoms with van der Waals surface area (Å²) >= 11 is 6.60. The number of thiophene rings is 1. The maximum absolute atomic E-state index is 12.0. The van der Waals surface area contributed by atoms with Gasteiger partial charge in [-0.15, -0.1) is 11.3 Å². The quantitative estimate of drug-likeness (QED) is 0.854. The molecule has 0 bridgehead atoms. The third-order valence-corrected chi connectivity index (χ3v) is 3.76. The minimum absolute atomic E-state index is 0.0420. The Hall–Kier alpha value is -2.05. The van der Waals surface area contributed by atoms with E-state index in [2.05, 4.69) is 10.1 Å². The minimum atomic E-state index is -0.601. The maximum Gasteiger partial charge on any atom is 0.348 e. The number of ether oxygens (including phenoxy) is 1. The van der Waals surface area contributed by atoms with Crippen LogP contribution in [0.15, 0.2) is 30.3 Å². The van der Waals surface area contributed by atoms with E-state index in [1.54, 1.807) is 24.3 Å². The molecule has 1 heterocycles. The molecular formula is C13H10ClNO4S. The van der Waals surface area contributed by atoms with Crippen molar-refractivity contribution in [1.29, 1.82) is 0 Å². The molecule has 7 heteroatoms. The lowest BCUT2D eigenvalue weighted by Crippen LogP contribution is -2.10. The van der Waals surface area contributed by atoms with Crippen LogP contribution in [0.1, 0.15) is 19.3 Å².